The molecule has 63 heavy (non-hydrogen) atoms. The smallest absolute Gasteiger partial charge is 0.0134 e. The van der Waals surface area contributed by atoms with Crippen molar-refractivity contribution in [2.45, 2.75) is 0 Å². The normalized spacial score (nSPS) is 9.60. The van der Waals surface area contributed by atoms with Crippen LogP contribution in [0.2, 0.25) is 0 Å². The van der Waals surface area contributed by atoms with Crippen molar-refractivity contribution in [3.63, 3.8) is 0 Å². The number of hydrogen-bond acceptors (Lipinski definition) is 0. The molecule has 0 bridgehead atoms. The molecule has 0 aliphatic rings. The first-order valence-corrected chi connectivity index (χ1v) is 23.4. The fraction of sp³-hybridized carbons (Fsp3) is 0. The van der Waals surface area contributed by atoms with E-state index in [2.05, 4.69) is 280 Å². The van der Waals surface area contributed by atoms with Gasteiger partial charge in [0, 0.05) is 0 Å². The van der Waals surface area contributed by atoms with Gasteiger partial charge in [-0.1, -0.05) is 273 Å². The molecule has 0 saturated carbocycles. The van der Waals surface area contributed by atoms with E-state index in [4.69, 9.17) is 4.65 Å². The van der Waals surface area contributed by atoms with Crippen molar-refractivity contribution in [3.8, 4) is 0 Å². The van der Waals surface area contributed by atoms with Gasteiger partial charge in [0.15, 0.2) is 0 Å². The monoisotopic (exact) mass is 963 g/mol. The molecule has 0 spiro atoms. The van der Waals surface area contributed by atoms with Crippen molar-refractivity contribution in [1.82, 2.24) is 0 Å². The van der Waals surface area contributed by atoms with E-state index >= 15 is 0 Å². The van der Waals surface area contributed by atoms with Crippen LogP contribution in [0.15, 0.2) is 273 Å². The molecular formula is C58H56OP3Ru-3. The first-order valence-electron chi connectivity index (χ1n) is 19.4. The second kappa shape index (κ2) is 30.6. The molecule has 0 N–H and O–H groups in total. The second-order valence-corrected chi connectivity index (χ2v) is 19.7. The molecule has 5 heteroatoms. The van der Waals surface area contributed by atoms with Gasteiger partial charge in [-0.15, -0.1) is 0 Å². The van der Waals surface area contributed by atoms with Gasteiger partial charge in [-0.25, -0.2) is 0 Å². The van der Waals surface area contributed by atoms with E-state index in [0.717, 1.165) is 0 Å². The van der Waals surface area contributed by atoms with Crippen molar-refractivity contribution in [2.24, 2.45) is 0 Å². The van der Waals surface area contributed by atoms with Gasteiger partial charge in [-0.05, 0) is 71.5 Å². The standard InChI is InChI=1S/3C18H15P.CO.3CH3.Ru.2H/c3*1-4-10-16(11-5-1)19(17-12-6-2-7-13-17)18-14-8-3-9-15-18;1-2;;;;;;/h3*1-15H;;3*1H3;;;/q;;;;3*-1;;;. The third-order valence-electron chi connectivity index (χ3n) is 9.13. The SMILES string of the molecule is [C-]#[O+].[CH3-].[CH3-].[CH3-].[RuH2].c1ccc(P(c2ccccc2)c2ccccc2)cc1.c1ccc(P(c2ccccc2)c2ccccc2)cc1.c1ccc(P(c2ccccc2)c2ccccc2)cc1. The Balaban J connectivity index is 0.000000309. The third kappa shape index (κ3) is 16.0. The second-order valence-electron chi connectivity index (χ2n) is 13.0. The van der Waals surface area contributed by atoms with Gasteiger partial charge in [-0.2, -0.15) is 0 Å². The quantitative estimate of drug-likeness (QED) is 0.0595. The summed E-state index contributed by atoms with van der Waals surface area (Å²) in [6, 6.07) is 97.0. The minimum absolute atomic E-state index is 0. The molecule has 0 atom stereocenters. The first-order chi connectivity index (χ1) is 29.3. The Bertz CT molecular complexity index is 1920. The predicted octanol–water partition coefficient (Wildman–Crippen LogP) is 11.1. The zero-order valence-electron chi connectivity index (χ0n) is 36.1. The van der Waals surface area contributed by atoms with Crippen LogP contribution in [0.3, 0.4) is 0 Å². The number of rotatable bonds is 9. The zero-order valence-corrected chi connectivity index (χ0v) is 40.8. The molecule has 0 unspecified atom stereocenters. The molecule has 0 heterocycles. The van der Waals surface area contributed by atoms with E-state index < -0.39 is 23.8 Å². The molecule has 1 nitrogen and oxygen atoms in total. The van der Waals surface area contributed by atoms with Gasteiger partial charge in [0.2, 0.25) is 0 Å². The van der Waals surface area contributed by atoms with E-state index in [9.17, 15) is 0 Å². The van der Waals surface area contributed by atoms with Crippen LogP contribution in [0.4, 0.5) is 0 Å². The van der Waals surface area contributed by atoms with Crippen LogP contribution < -0.4 is 47.7 Å². The zero-order chi connectivity index (χ0) is 40.7. The van der Waals surface area contributed by atoms with E-state index in [1.807, 2.05) is 0 Å². The molecule has 9 rings (SSSR count). The van der Waals surface area contributed by atoms with Crippen LogP contribution >= 0.6 is 23.8 Å². The summed E-state index contributed by atoms with van der Waals surface area (Å²) in [4.78, 5) is 0. The number of hydrogen-bond donors (Lipinski definition) is 0. The van der Waals surface area contributed by atoms with E-state index in [-0.39, 0.29) is 41.8 Å². The average molecular weight is 963 g/mol. The van der Waals surface area contributed by atoms with Gasteiger partial charge in [0.25, 0.3) is 0 Å². The fourth-order valence-corrected chi connectivity index (χ4v) is 13.5. The molecule has 320 valence electrons. The van der Waals surface area contributed by atoms with Gasteiger partial charge < -0.3 is 22.3 Å². The van der Waals surface area contributed by atoms with Gasteiger partial charge in [-0.3, -0.25) is 0 Å². The van der Waals surface area contributed by atoms with Crippen molar-refractivity contribution in [1.29, 1.82) is 0 Å². The molecule has 0 radical (unpaired) electrons. The Labute approximate surface area is 395 Å². The Hall–Kier alpha value is -5.37. The average Bonchev–Trinajstić information content (AvgIpc) is 3.34. The minimum Gasteiger partial charge on any atom is -0.0622 e. The molecule has 9 aromatic rings. The van der Waals surface area contributed by atoms with E-state index in [1.165, 1.54) is 47.7 Å². The maximum absolute atomic E-state index is 7.50. The summed E-state index contributed by atoms with van der Waals surface area (Å²) in [5.41, 5.74) is 0. The van der Waals surface area contributed by atoms with Crippen molar-refractivity contribution >= 4 is 71.5 Å². The van der Waals surface area contributed by atoms with E-state index in [1.54, 1.807) is 0 Å². The van der Waals surface area contributed by atoms with Crippen molar-refractivity contribution in [3.05, 3.63) is 302 Å². The summed E-state index contributed by atoms with van der Waals surface area (Å²) >= 11 is 0. The molecule has 0 aliphatic heterocycles. The Kier molecular flexibility index (Phi) is 26.2. The summed E-state index contributed by atoms with van der Waals surface area (Å²) in [5, 5.41) is 12.6. The van der Waals surface area contributed by atoms with Crippen LogP contribution in [0, 0.1) is 28.9 Å². The molecule has 9 aromatic carbocycles. The number of benzene rings is 9. The van der Waals surface area contributed by atoms with Gasteiger partial charge in [0.05, 0.1) is 0 Å². The summed E-state index contributed by atoms with van der Waals surface area (Å²) < 4.78 is 7.50. The largest absolute Gasteiger partial charge is 0.0622 e. The first kappa shape index (κ1) is 53.8. The third-order valence-corrected chi connectivity index (χ3v) is 16.5. The van der Waals surface area contributed by atoms with Crippen LogP contribution in [0.5, 0.6) is 0 Å². The minimum atomic E-state index is -0.446. The summed E-state index contributed by atoms with van der Waals surface area (Å²) in [6.45, 7) is 4.50. The molecule has 0 fully saturated rings. The maximum atomic E-state index is 7.50. The van der Waals surface area contributed by atoms with Gasteiger partial charge >= 0.3 is 30.8 Å². The van der Waals surface area contributed by atoms with Crippen LogP contribution in [0.1, 0.15) is 0 Å². The maximum Gasteiger partial charge on any atom is -0.0134 e. The van der Waals surface area contributed by atoms with Crippen LogP contribution in [-0.4, -0.2) is 0 Å². The Morgan fingerprint density at radius 1 is 0.190 bits per heavy atom. The van der Waals surface area contributed by atoms with Crippen molar-refractivity contribution in [2.75, 3.05) is 0 Å². The fourth-order valence-electron chi connectivity index (χ4n) is 6.54. The molecular weight excluding hydrogens is 907 g/mol. The Morgan fingerprint density at radius 2 is 0.270 bits per heavy atom. The molecule has 0 aromatic heterocycles. The predicted molar refractivity (Wildman–Crippen MR) is 281 cm³/mol. The van der Waals surface area contributed by atoms with Crippen LogP contribution in [0.25, 0.3) is 0 Å². The van der Waals surface area contributed by atoms with Crippen LogP contribution in [-0.2, 0) is 24.1 Å². The van der Waals surface area contributed by atoms with Crippen molar-refractivity contribution < 1.29 is 24.1 Å². The Morgan fingerprint density at radius 3 is 0.349 bits per heavy atom. The summed E-state index contributed by atoms with van der Waals surface area (Å²) in [5.74, 6) is 0. The van der Waals surface area contributed by atoms with E-state index in [0.29, 0.717) is 0 Å². The molecule has 0 saturated heterocycles. The summed E-state index contributed by atoms with van der Waals surface area (Å²) in [6.07, 6.45) is 0. The van der Waals surface area contributed by atoms with Gasteiger partial charge in [0.1, 0.15) is 0 Å². The molecule has 0 aliphatic carbocycles. The molecule has 0 amide bonds. The topological polar surface area (TPSA) is 19.9 Å². The summed E-state index contributed by atoms with van der Waals surface area (Å²) in [7, 11) is -1.34.